The van der Waals surface area contributed by atoms with E-state index >= 15 is 0 Å². The Bertz CT molecular complexity index is 1080. The summed E-state index contributed by atoms with van der Waals surface area (Å²) in [5.74, 6) is -0.615. The first kappa shape index (κ1) is 22.4. The molecule has 0 atom stereocenters. The average molecular weight is 464 g/mol. The summed E-state index contributed by atoms with van der Waals surface area (Å²) in [6.45, 7) is 3.76. The molecule has 11 heteroatoms. The summed E-state index contributed by atoms with van der Waals surface area (Å²) in [7, 11) is -1.63. The normalized spacial score (nSPS) is 18.7. The molecular weight excluding hydrogens is 437 g/mol. The molecule has 0 amide bonds. The van der Waals surface area contributed by atoms with E-state index in [4.69, 9.17) is 0 Å². The van der Waals surface area contributed by atoms with Gasteiger partial charge in [-0.2, -0.15) is 4.31 Å². The Morgan fingerprint density at radius 1 is 0.875 bits per heavy atom. The maximum absolute atomic E-state index is 14.8. The molecule has 172 valence electrons. The van der Waals surface area contributed by atoms with Crippen LogP contribution in [-0.4, -0.2) is 82.0 Å². The number of halogens is 1. The predicted octanol–water partition coefficient (Wildman–Crippen LogP) is 2.00. The van der Waals surface area contributed by atoms with Crippen LogP contribution in [0.25, 0.3) is 0 Å². The monoisotopic (exact) mass is 463 g/mol. The van der Waals surface area contributed by atoms with Crippen molar-refractivity contribution in [3.05, 3.63) is 58.4 Å². The largest absolute Gasteiger partial charge is 0.367 e. The van der Waals surface area contributed by atoms with Crippen molar-refractivity contribution in [2.45, 2.75) is 4.90 Å². The van der Waals surface area contributed by atoms with Crippen molar-refractivity contribution in [3.8, 4) is 0 Å². The molecule has 0 radical (unpaired) electrons. The SMILES string of the molecule is CN1CCN(c2cc(N3CCN(S(=O)(=O)c4ccccc4)CC3)c([N+](=O)[O-])cc2F)CC1. The van der Waals surface area contributed by atoms with Crippen LogP contribution in [0.4, 0.5) is 21.5 Å². The lowest BCUT2D eigenvalue weighted by Crippen LogP contribution is -2.49. The molecule has 0 N–H and O–H groups in total. The Kier molecular flexibility index (Phi) is 6.31. The van der Waals surface area contributed by atoms with Gasteiger partial charge in [-0.15, -0.1) is 0 Å². The molecule has 0 bridgehead atoms. The lowest BCUT2D eigenvalue weighted by molar-refractivity contribution is -0.384. The van der Waals surface area contributed by atoms with Crippen LogP contribution in [-0.2, 0) is 10.0 Å². The molecule has 0 unspecified atom stereocenters. The molecule has 2 aliphatic rings. The van der Waals surface area contributed by atoms with Crippen molar-refractivity contribution in [3.63, 3.8) is 0 Å². The van der Waals surface area contributed by atoms with Crippen molar-refractivity contribution in [1.82, 2.24) is 9.21 Å². The Morgan fingerprint density at radius 2 is 1.44 bits per heavy atom. The second-order valence-corrected chi connectivity index (χ2v) is 9.98. The minimum atomic E-state index is -3.63. The Balaban J connectivity index is 1.57. The van der Waals surface area contributed by atoms with Crippen LogP contribution in [0.15, 0.2) is 47.4 Å². The van der Waals surface area contributed by atoms with Crippen LogP contribution in [0.2, 0.25) is 0 Å². The van der Waals surface area contributed by atoms with Gasteiger partial charge in [0.25, 0.3) is 5.69 Å². The van der Waals surface area contributed by atoms with Gasteiger partial charge in [0, 0.05) is 52.4 Å². The van der Waals surface area contributed by atoms with Crippen molar-refractivity contribution >= 4 is 27.1 Å². The summed E-state index contributed by atoms with van der Waals surface area (Å²) < 4.78 is 41.9. The molecule has 2 aromatic rings. The quantitative estimate of drug-likeness (QED) is 0.495. The van der Waals surface area contributed by atoms with E-state index in [2.05, 4.69) is 4.90 Å². The number of anilines is 2. The third-order valence-electron chi connectivity index (χ3n) is 6.04. The fourth-order valence-electron chi connectivity index (χ4n) is 4.14. The number of hydrogen-bond acceptors (Lipinski definition) is 7. The van der Waals surface area contributed by atoms with Gasteiger partial charge in [-0.05, 0) is 25.2 Å². The molecule has 0 aliphatic carbocycles. The van der Waals surface area contributed by atoms with E-state index in [-0.39, 0.29) is 36.8 Å². The van der Waals surface area contributed by atoms with Crippen LogP contribution in [0.5, 0.6) is 0 Å². The second kappa shape index (κ2) is 9.00. The first-order valence-corrected chi connectivity index (χ1v) is 11.9. The molecule has 2 heterocycles. The molecule has 2 aliphatic heterocycles. The van der Waals surface area contributed by atoms with Gasteiger partial charge in [-0.25, -0.2) is 12.8 Å². The number of likely N-dealkylation sites (N-methyl/N-ethyl adjacent to an activating group) is 1. The van der Waals surface area contributed by atoms with Gasteiger partial charge in [-0.1, -0.05) is 18.2 Å². The van der Waals surface area contributed by atoms with Crippen molar-refractivity contribution in [2.75, 3.05) is 69.2 Å². The lowest BCUT2D eigenvalue weighted by Gasteiger charge is -2.37. The highest BCUT2D eigenvalue weighted by molar-refractivity contribution is 7.89. The first-order chi connectivity index (χ1) is 15.3. The molecular formula is C21H26FN5O4S. The lowest BCUT2D eigenvalue weighted by atomic mass is 10.1. The van der Waals surface area contributed by atoms with E-state index in [0.29, 0.717) is 24.5 Å². The molecule has 9 nitrogen and oxygen atoms in total. The van der Waals surface area contributed by atoms with Crippen LogP contribution in [0, 0.1) is 15.9 Å². The maximum Gasteiger partial charge on any atom is 0.295 e. The van der Waals surface area contributed by atoms with Crippen LogP contribution >= 0.6 is 0 Å². The van der Waals surface area contributed by atoms with Gasteiger partial charge < -0.3 is 14.7 Å². The van der Waals surface area contributed by atoms with Gasteiger partial charge in [0.2, 0.25) is 10.0 Å². The van der Waals surface area contributed by atoms with Gasteiger partial charge in [0.05, 0.1) is 21.6 Å². The van der Waals surface area contributed by atoms with E-state index in [0.717, 1.165) is 19.2 Å². The predicted molar refractivity (Wildman–Crippen MR) is 120 cm³/mol. The zero-order chi connectivity index (χ0) is 22.9. The van der Waals surface area contributed by atoms with E-state index < -0.39 is 20.8 Å². The van der Waals surface area contributed by atoms with Crippen LogP contribution < -0.4 is 9.80 Å². The number of piperazine rings is 2. The maximum atomic E-state index is 14.8. The number of rotatable bonds is 5. The summed E-state index contributed by atoms with van der Waals surface area (Å²) in [6, 6.07) is 10.7. The Hall–Kier alpha value is -2.76. The number of nitro groups is 1. The number of sulfonamides is 1. The molecule has 2 saturated heterocycles. The number of hydrogen-bond donors (Lipinski definition) is 0. The summed E-state index contributed by atoms with van der Waals surface area (Å²) in [5, 5.41) is 11.6. The second-order valence-electron chi connectivity index (χ2n) is 8.04. The van der Waals surface area contributed by atoms with E-state index in [9.17, 15) is 22.9 Å². The zero-order valence-electron chi connectivity index (χ0n) is 17.9. The van der Waals surface area contributed by atoms with Crippen LogP contribution in [0.3, 0.4) is 0 Å². The van der Waals surface area contributed by atoms with Gasteiger partial charge in [-0.3, -0.25) is 10.1 Å². The standard InChI is InChI=1S/C21H26FN5O4S/c1-23-7-9-24(10-8-23)19-16-20(21(27(28)29)15-18(19)22)25-11-13-26(14-12-25)32(30,31)17-5-3-2-4-6-17/h2-6,15-16H,7-14H2,1H3. The highest BCUT2D eigenvalue weighted by Gasteiger charge is 2.32. The fourth-order valence-corrected chi connectivity index (χ4v) is 5.58. The Labute approximate surface area is 186 Å². The highest BCUT2D eigenvalue weighted by atomic mass is 32.2. The fraction of sp³-hybridized carbons (Fsp3) is 0.429. The summed E-state index contributed by atoms with van der Waals surface area (Å²) in [5.41, 5.74) is 0.361. The molecule has 0 aromatic heterocycles. The van der Waals surface area contributed by atoms with E-state index in [1.165, 1.54) is 4.31 Å². The molecule has 4 rings (SSSR count). The van der Waals surface area contributed by atoms with Gasteiger partial charge >= 0.3 is 0 Å². The van der Waals surface area contributed by atoms with E-state index in [1.807, 2.05) is 11.9 Å². The molecule has 0 spiro atoms. The van der Waals surface area contributed by atoms with Gasteiger partial charge in [0.15, 0.2) is 5.82 Å². The number of nitro benzene ring substituents is 1. The van der Waals surface area contributed by atoms with Gasteiger partial charge in [0.1, 0.15) is 5.69 Å². The number of benzene rings is 2. The van der Waals surface area contributed by atoms with E-state index in [1.54, 1.807) is 41.3 Å². The van der Waals surface area contributed by atoms with Crippen molar-refractivity contribution in [2.24, 2.45) is 0 Å². The smallest absolute Gasteiger partial charge is 0.295 e. The Morgan fingerprint density at radius 3 is 2.03 bits per heavy atom. The molecule has 0 saturated carbocycles. The summed E-state index contributed by atoms with van der Waals surface area (Å²) >= 11 is 0. The summed E-state index contributed by atoms with van der Waals surface area (Å²) in [6.07, 6.45) is 0. The molecule has 2 aromatic carbocycles. The third-order valence-corrected chi connectivity index (χ3v) is 7.96. The topological polar surface area (TPSA) is 90.2 Å². The minimum absolute atomic E-state index is 0.190. The minimum Gasteiger partial charge on any atom is -0.367 e. The summed E-state index contributed by atoms with van der Waals surface area (Å²) in [4.78, 5) is 17.1. The van der Waals surface area contributed by atoms with Crippen LogP contribution in [0.1, 0.15) is 0 Å². The average Bonchev–Trinajstić information content (AvgIpc) is 2.80. The van der Waals surface area contributed by atoms with Crippen molar-refractivity contribution in [1.29, 1.82) is 0 Å². The third kappa shape index (κ3) is 4.41. The number of nitrogens with zero attached hydrogens (tertiary/aromatic N) is 5. The first-order valence-electron chi connectivity index (χ1n) is 10.5. The molecule has 32 heavy (non-hydrogen) atoms. The highest BCUT2D eigenvalue weighted by Crippen LogP contribution is 2.36. The van der Waals surface area contributed by atoms with Crippen molar-refractivity contribution < 1.29 is 17.7 Å². The molecule has 2 fully saturated rings. The zero-order valence-corrected chi connectivity index (χ0v) is 18.7.